The number of hydrogen-bond donors (Lipinski definition) is 1. The first-order valence-corrected chi connectivity index (χ1v) is 5.41. The monoisotopic (exact) mass is 220 g/mol. The first-order chi connectivity index (χ1) is 7.58. The van der Waals surface area contributed by atoms with Gasteiger partial charge in [0.2, 0.25) is 0 Å². The van der Waals surface area contributed by atoms with Crippen LogP contribution in [0.4, 0.5) is 5.82 Å². The summed E-state index contributed by atoms with van der Waals surface area (Å²) in [5, 5.41) is 0. The van der Waals surface area contributed by atoms with Crippen LogP contribution in [0.2, 0.25) is 0 Å². The second kappa shape index (κ2) is 4.08. The lowest BCUT2D eigenvalue weighted by Gasteiger charge is -2.16. The van der Waals surface area contributed by atoms with Crippen molar-refractivity contribution >= 4 is 11.7 Å². The summed E-state index contributed by atoms with van der Waals surface area (Å²) in [6, 6.07) is 0. The number of hydrogen-bond acceptors (Lipinski definition) is 4. The molecule has 1 aliphatic rings. The summed E-state index contributed by atoms with van der Waals surface area (Å²) in [6.07, 6.45) is 4.09. The van der Waals surface area contributed by atoms with Crippen LogP contribution < -0.4 is 5.73 Å². The topological polar surface area (TPSA) is 72.1 Å². The normalized spacial score (nSPS) is 22.9. The van der Waals surface area contributed by atoms with E-state index in [1.54, 1.807) is 11.9 Å². The highest BCUT2D eigenvalue weighted by Crippen LogP contribution is 2.38. The van der Waals surface area contributed by atoms with Gasteiger partial charge in [-0.3, -0.25) is 9.78 Å². The van der Waals surface area contributed by atoms with Crippen LogP contribution in [0.25, 0.3) is 0 Å². The second-order valence-electron chi connectivity index (χ2n) is 4.49. The summed E-state index contributed by atoms with van der Waals surface area (Å²) in [6.45, 7) is 2.99. The Labute approximate surface area is 94.7 Å². The molecule has 5 nitrogen and oxygen atoms in total. The Bertz CT molecular complexity index is 407. The van der Waals surface area contributed by atoms with Gasteiger partial charge in [-0.05, 0) is 18.3 Å². The van der Waals surface area contributed by atoms with Gasteiger partial charge in [-0.25, -0.2) is 4.98 Å². The van der Waals surface area contributed by atoms with Crippen LogP contribution in [-0.2, 0) is 0 Å². The number of nitrogens with zero attached hydrogens (tertiary/aromatic N) is 3. The van der Waals surface area contributed by atoms with E-state index in [-0.39, 0.29) is 11.7 Å². The molecule has 1 fully saturated rings. The number of nitrogen functional groups attached to an aromatic ring is 1. The highest BCUT2D eigenvalue weighted by molar-refractivity contribution is 5.92. The molecule has 0 aromatic carbocycles. The third kappa shape index (κ3) is 2.29. The lowest BCUT2D eigenvalue weighted by atomic mass is 10.3. The first kappa shape index (κ1) is 10.9. The van der Waals surface area contributed by atoms with Crippen LogP contribution in [-0.4, -0.2) is 34.4 Å². The molecule has 0 bridgehead atoms. The number of aromatic nitrogens is 2. The fraction of sp³-hybridized carbons (Fsp3) is 0.545. The Morgan fingerprint density at radius 1 is 1.62 bits per heavy atom. The molecule has 1 aromatic rings. The standard InChI is InChI=1S/C11H16N4O/c1-7-3-8(7)6-15(2)11(16)9-4-13-5-10(12)14-9/h4-5,7-8H,3,6H2,1-2H3,(H2,12,14). The summed E-state index contributed by atoms with van der Waals surface area (Å²) >= 11 is 0. The molecule has 1 heterocycles. The van der Waals surface area contributed by atoms with Crippen LogP contribution in [0.15, 0.2) is 12.4 Å². The van der Waals surface area contributed by atoms with Gasteiger partial charge < -0.3 is 10.6 Å². The number of anilines is 1. The average molecular weight is 220 g/mol. The van der Waals surface area contributed by atoms with Crippen molar-refractivity contribution in [2.24, 2.45) is 11.8 Å². The molecule has 1 saturated carbocycles. The smallest absolute Gasteiger partial charge is 0.273 e. The zero-order valence-electron chi connectivity index (χ0n) is 9.55. The quantitative estimate of drug-likeness (QED) is 0.817. The van der Waals surface area contributed by atoms with Crippen LogP contribution in [0.5, 0.6) is 0 Å². The molecule has 2 atom stereocenters. The van der Waals surface area contributed by atoms with E-state index in [0.29, 0.717) is 11.6 Å². The van der Waals surface area contributed by atoms with Gasteiger partial charge >= 0.3 is 0 Å². The fourth-order valence-electron chi connectivity index (χ4n) is 1.77. The Balaban J connectivity index is 2.01. The summed E-state index contributed by atoms with van der Waals surface area (Å²) in [4.78, 5) is 21.5. The minimum absolute atomic E-state index is 0.112. The van der Waals surface area contributed by atoms with Gasteiger partial charge in [-0.1, -0.05) is 6.92 Å². The molecular weight excluding hydrogens is 204 g/mol. The van der Waals surface area contributed by atoms with Gasteiger partial charge in [-0.2, -0.15) is 0 Å². The maximum Gasteiger partial charge on any atom is 0.273 e. The Morgan fingerprint density at radius 3 is 2.88 bits per heavy atom. The van der Waals surface area contributed by atoms with Crippen molar-refractivity contribution < 1.29 is 4.79 Å². The fourth-order valence-corrected chi connectivity index (χ4v) is 1.77. The summed E-state index contributed by atoms with van der Waals surface area (Å²) in [7, 11) is 1.79. The highest BCUT2D eigenvalue weighted by atomic mass is 16.2. The molecule has 1 aromatic heterocycles. The maximum absolute atomic E-state index is 11.9. The predicted molar refractivity (Wildman–Crippen MR) is 60.7 cm³/mol. The predicted octanol–water partition coefficient (Wildman–Crippen LogP) is 0.787. The maximum atomic E-state index is 11.9. The van der Waals surface area contributed by atoms with Gasteiger partial charge in [-0.15, -0.1) is 0 Å². The largest absolute Gasteiger partial charge is 0.382 e. The molecular formula is C11H16N4O. The molecule has 0 radical (unpaired) electrons. The van der Waals surface area contributed by atoms with Crippen LogP contribution in [0.1, 0.15) is 23.8 Å². The number of carbonyl (C=O) groups is 1. The van der Waals surface area contributed by atoms with Gasteiger partial charge in [0.25, 0.3) is 5.91 Å². The summed E-state index contributed by atoms with van der Waals surface area (Å²) in [5.41, 5.74) is 5.80. The minimum atomic E-state index is -0.112. The molecule has 16 heavy (non-hydrogen) atoms. The molecule has 2 unspecified atom stereocenters. The van der Waals surface area contributed by atoms with E-state index in [1.165, 1.54) is 18.8 Å². The van der Waals surface area contributed by atoms with Crippen LogP contribution in [0.3, 0.4) is 0 Å². The zero-order valence-corrected chi connectivity index (χ0v) is 9.55. The van der Waals surface area contributed by atoms with E-state index in [4.69, 9.17) is 5.73 Å². The molecule has 2 rings (SSSR count). The Hall–Kier alpha value is -1.65. The van der Waals surface area contributed by atoms with Crippen molar-refractivity contribution in [3.05, 3.63) is 18.1 Å². The Kier molecular flexibility index (Phi) is 2.77. The molecule has 1 aliphatic carbocycles. The SMILES string of the molecule is CC1CC1CN(C)C(=O)c1cncc(N)n1. The van der Waals surface area contributed by atoms with E-state index >= 15 is 0 Å². The van der Waals surface area contributed by atoms with Crippen molar-refractivity contribution in [3.63, 3.8) is 0 Å². The third-order valence-electron chi connectivity index (χ3n) is 3.00. The van der Waals surface area contributed by atoms with Crippen LogP contribution in [0, 0.1) is 11.8 Å². The number of rotatable bonds is 3. The molecule has 0 spiro atoms. The minimum Gasteiger partial charge on any atom is -0.382 e. The molecule has 0 aliphatic heterocycles. The zero-order chi connectivity index (χ0) is 11.7. The van der Waals surface area contributed by atoms with Crippen molar-refractivity contribution in [2.45, 2.75) is 13.3 Å². The second-order valence-corrected chi connectivity index (χ2v) is 4.49. The molecule has 86 valence electrons. The first-order valence-electron chi connectivity index (χ1n) is 5.41. The highest BCUT2D eigenvalue weighted by Gasteiger charge is 2.34. The molecule has 0 saturated heterocycles. The van der Waals surface area contributed by atoms with Crippen molar-refractivity contribution in [1.82, 2.24) is 14.9 Å². The van der Waals surface area contributed by atoms with E-state index in [2.05, 4.69) is 16.9 Å². The Morgan fingerprint density at radius 2 is 2.31 bits per heavy atom. The van der Waals surface area contributed by atoms with Crippen molar-refractivity contribution in [1.29, 1.82) is 0 Å². The van der Waals surface area contributed by atoms with E-state index in [1.807, 2.05) is 0 Å². The number of nitrogens with two attached hydrogens (primary N) is 1. The van der Waals surface area contributed by atoms with E-state index in [0.717, 1.165) is 12.5 Å². The van der Waals surface area contributed by atoms with E-state index in [9.17, 15) is 4.79 Å². The molecule has 2 N–H and O–H groups in total. The van der Waals surface area contributed by atoms with Gasteiger partial charge in [0.05, 0.1) is 12.4 Å². The molecule has 5 heteroatoms. The number of carbonyl (C=O) groups excluding carboxylic acids is 1. The van der Waals surface area contributed by atoms with Crippen molar-refractivity contribution in [2.75, 3.05) is 19.3 Å². The summed E-state index contributed by atoms with van der Waals surface area (Å²) in [5.74, 6) is 1.54. The van der Waals surface area contributed by atoms with Crippen molar-refractivity contribution in [3.8, 4) is 0 Å². The molecule has 1 amide bonds. The van der Waals surface area contributed by atoms with Gasteiger partial charge in [0.15, 0.2) is 0 Å². The van der Waals surface area contributed by atoms with Crippen LogP contribution >= 0.6 is 0 Å². The van der Waals surface area contributed by atoms with E-state index < -0.39 is 0 Å². The third-order valence-corrected chi connectivity index (χ3v) is 3.00. The lowest BCUT2D eigenvalue weighted by Crippen LogP contribution is -2.30. The van der Waals surface area contributed by atoms with Gasteiger partial charge in [0.1, 0.15) is 11.5 Å². The average Bonchev–Trinajstić information content (AvgIpc) is 2.93. The number of amides is 1. The van der Waals surface area contributed by atoms with Gasteiger partial charge in [0, 0.05) is 13.6 Å². The summed E-state index contributed by atoms with van der Waals surface area (Å²) < 4.78 is 0. The lowest BCUT2D eigenvalue weighted by molar-refractivity contribution is 0.0781.